The third-order valence-electron chi connectivity index (χ3n) is 8.63. The number of nitrogens with zero attached hydrogens (tertiary/aromatic N) is 9. The number of rotatable bonds is 8. The first-order valence-corrected chi connectivity index (χ1v) is 15.9. The maximum absolute atomic E-state index is 13.5. The molecule has 0 unspecified atom stereocenters. The van der Waals surface area contributed by atoms with Crippen molar-refractivity contribution in [2.75, 3.05) is 29.9 Å². The molecule has 1 aromatic carbocycles. The average molecular weight is 619 g/mol. The van der Waals surface area contributed by atoms with Gasteiger partial charge in [-0.15, -0.1) is 0 Å². The van der Waals surface area contributed by atoms with E-state index >= 15 is 0 Å². The molecule has 2 aliphatic rings. The van der Waals surface area contributed by atoms with Crippen LogP contribution < -0.4 is 15.1 Å². The van der Waals surface area contributed by atoms with Crippen molar-refractivity contribution in [2.45, 2.75) is 50.6 Å². The SMILES string of the molecule is CCc1nc2ccc(-c3cnc(N4CCC(NC5(C#N)CC5)CC4)nc3)cn2c1N(C)c1nc(-c2ccc(F)cc2)c(C#N)s1. The fourth-order valence-electron chi connectivity index (χ4n) is 5.93. The molecule has 12 heteroatoms. The summed E-state index contributed by atoms with van der Waals surface area (Å²) in [6.07, 6.45) is 10.3. The number of anilines is 3. The molecule has 1 aliphatic carbocycles. The van der Waals surface area contributed by atoms with Crippen molar-refractivity contribution in [3.63, 3.8) is 0 Å². The molecule has 5 aromatic rings. The molecule has 7 rings (SSSR count). The van der Waals surface area contributed by atoms with Crippen molar-refractivity contribution < 1.29 is 4.39 Å². The van der Waals surface area contributed by atoms with Gasteiger partial charge in [-0.2, -0.15) is 10.5 Å². The van der Waals surface area contributed by atoms with Crippen LogP contribution in [0.1, 0.15) is 43.2 Å². The van der Waals surface area contributed by atoms with Crippen LogP contribution in [0.5, 0.6) is 0 Å². The molecule has 4 aromatic heterocycles. The van der Waals surface area contributed by atoms with Crippen LogP contribution in [0.2, 0.25) is 0 Å². The minimum atomic E-state index is -0.337. The molecule has 0 atom stereocenters. The van der Waals surface area contributed by atoms with E-state index in [-0.39, 0.29) is 11.4 Å². The quantitative estimate of drug-likeness (QED) is 0.227. The van der Waals surface area contributed by atoms with E-state index in [9.17, 15) is 14.9 Å². The smallest absolute Gasteiger partial charge is 0.225 e. The Bertz CT molecular complexity index is 1940. The van der Waals surface area contributed by atoms with Gasteiger partial charge in [-0.25, -0.2) is 24.3 Å². The first-order chi connectivity index (χ1) is 21.9. The number of fused-ring (bicyclic) bond motifs is 1. The van der Waals surface area contributed by atoms with Crippen molar-refractivity contribution in [1.82, 2.24) is 29.7 Å². The zero-order valence-electron chi connectivity index (χ0n) is 25.0. The van der Waals surface area contributed by atoms with Gasteiger partial charge in [0.25, 0.3) is 0 Å². The van der Waals surface area contributed by atoms with Crippen molar-refractivity contribution >= 4 is 33.9 Å². The molecule has 1 aliphatic heterocycles. The number of hydrogen-bond donors (Lipinski definition) is 1. The van der Waals surface area contributed by atoms with Gasteiger partial charge >= 0.3 is 0 Å². The van der Waals surface area contributed by atoms with Crippen LogP contribution in [0.25, 0.3) is 28.0 Å². The number of imidazole rings is 1. The Hall–Kier alpha value is -4.91. The van der Waals surface area contributed by atoms with Gasteiger partial charge in [-0.3, -0.25) is 9.72 Å². The predicted octanol–water partition coefficient (Wildman–Crippen LogP) is 5.87. The molecule has 10 nitrogen and oxygen atoms in total. The number of thiazole rings is 1. The molecule has 5 heterocycles. The summed E-state index contributed by atoms with van der Waals surface area (Å²) in [5.41, 5.74) is 4.47. The monoisotopic (exact) mass is 618 g/mol. The minimum Gasteiger partial charge on any atom is -0.341 e. The van der Waals surface area contributed by atoms with E-state index in [4.69, 9.17) is 19.9 Å². The number of aromatic nitrogens is 5. The lowest BCUT2D eigenvalue weighted by atomic mass is 10.0. The van der Waals surface area contributed by atoms with E-state index in [0.29, 0.717) is 39.7 Å². The number of pyridine rings is 1. The highest BCUT2D eigenvalue weighted by Gasteiger charge is 2.44. The van der Waals surface area contributed by atoms with E-state index in [1.807, 2.05) is 47.1 Å². The van der Waals surface area contributed by atoms with Crippen molar-refractivity contribution in [1.29, 1.82) is 10.5 Å². The Morgan fingerprint density at radius 3 is 2.38 bits per heavy atom. The van der Waals surface area contributed by atoms with Gasteiger partial charge in [0.2, 0.25) is 5.95 Å². The van der Waals surface area contributed by atoms with E-state index in [0.717, 1.165) is 67.1 Å². The van der Waals surface area contributed by atoms with Crippen LogP contribution in [-0.2, 0) is 6.42 Å². The van der Waals surface area contributed by atoms with Gasteiger partial charge < -0.3 is 9.80 Å². The highest BCUT2D eigenvalue weighted by Crippen LogP contribution is 2.38. The Kier molecular flexibility index (Phi) is 7.40. The zero-order chi connectivity index (χ0) is 31.1. The summed E-state index contributed by atoms with van der Waals surface area (Å²) in [7, 11) is 1.92. The minimum absolute atomic E-state index is 0.291. The Morgan fingerprint density at radius 2 is 1.73 bits per heavy atom. The molecule has 45 heavy (non-hydrogen) atoms. The van der Waals surface area contributed by atoms with Crippen LogP contribution >= 0.6 is 11.3 Å². The van der Waals surface area contributed by atoms with Crippen molar-refractivity contribution in [3.8, 4) is 34.5 Å². The first-order valence-electron chi connectivity index (χ1n) is 15.1. The molecule has 1 saturated carbocycles. The fraction of sp³-hybridized carbons (Fsp3) is 0.333. The summed E-state index contributed by atoms with van der Waals surface area (Å²) in [6, 6.07) is 15.1. The maximum Gasteiger partial charge on any atom is 0.225 e. The second kappa shape index (κ2) is 11.5. The summed E-state index contributed by atoms with van der Waals surface area (Å²) >= 11 is 1.29. The lowest BCUT2D eigenvalue weighted by Gasteiger charge is -2.33. The van der Waals surface area contributed by atoms with Gasteiger partial charge in [0.05, 0.1) is 11.8 Å². The fourth-order valence-corrected chi connectivity index (χ4v) is 6.78. The topological polar surface area (TPSA) is 122 Å². The molecule has 1 N–H and O–H groups in total. The standard InChI is InChI=1S/C33H31FN10S/c1-3-26-30(42(2)32-40-29(27(16-35)45-32)21-4-7-24(34)8-5-21)44-19-22(6-9-28(44)39-26)23-17-37-31(38-18-23)43-14-10-25(11-15-43)41-33(20-36)12-13-33/h4-9,17-19,25,41H,3,10-15H2,1-2H3. The van der Waals surface area contributed by atoms with Crippen LogP contribution in [0.3, 0.4) is 0 Å². The van der Waals surface area contributed by atoms with Gasteiger partial charge in [-0.1, -0.05) is 18.3 Å². The Labute approximate surface area is 264 Å². The number of piperidine rings is 1. The zero-order valence-corrected chi connectivity index (χ0v) is 25.9. The van der Waals surface area contributed by atoms with Gasteiger partial charge in [0.15, 0.2) is 5.13 Å². The average Bonchev–Trinajstić information content (AvgIpc) is 3.55. The highest BCUT2D eigenvalue weighted by molar-refractivity contribution is 7.16. The number of hydrogen-bond acceptors (Lipinski definition) is 10. The van der Waals surface area contributed by atoms with Crippen LogP contribution in [0, 0.1) is 28.5 Å². The van der Waals surface area contributed by atoms with E-state index in [2.05, 4.69) is 29.3 Å². The number of aryl methyl sites for hydroxylation is 1. The van der Waals surface area contributed by atoms with Crippen LogP contribution in [0.4, 0.5) is 21.3 Å². The molecule has 0 amide bonds. The van der Waals surface area contributed by atoms with Crippen molar-refractivity contribution in [3.05, 3.63) is 71.4 Å². The molecular weight excluding hydrogens is 587 g/mol. The second-order valence-electron chi connectivity index (χ2n) is 11.6. The first kappa shape index (κ1) is 28.8. The van der Waals surface area contributed by atoms with Crippen LogP contribution in [0.15, 0.2) is 55.0 Å². The summed E-state index contributed by atoms with van der Waals surface area (Å²) in [4.78, 5) is 23.7. The summed E-state index contributed by atoms with van der Waals surface area (Å²) in [6.45, 7) is 3.76. The summed E-state index contributed by atoms with van der Waals surface area (Å²) in [5.74, 6) is 1.23. The lowest BCUT2D eigenvalue weighted by Crippen LogP contribution is -2.47. The van der Waals surface area contributed by atoms with Crippen molar-refractivity contribution in [2.24, 2.45) is 0 Å². The normalized spacial score (nSPS) is 16.0. The lowest BCUT2D eigenvalue weighted by molar-refractivity contribution is 0.384. The molecule has 226 valence electrons. The number of nitriles is 2. The number of nitrogens with one attached hydrogen (secondary N) is 1. The summed E-state index contributed by atoms with van der Waals surface area (Å²) < 4.78 is 15.6. The molecule has 0 spiro atoms. The number of halogens is 1. The third kappa shape index (κ3) is 5.48. The molecule has 1 saturated heterocycles. The van der Waals surface area contributed by atoms with Crippen LogP contribution in [-0.4, -0.2) is 56.1 Å². The molecule has 0 radical (unpaired) electrons. The van der Waals surface area contributed by atoms with E-state index < -0.39 is 0 Å². The van der Waals surface area contributed by atoms with Gasteiger partial charge in [0.1, 0.15) is 39.5 Å². The maximum atomic E-state index is 13.5. The highest BCUT2D eigenvalue weighted by atomic mass is 32.1. The largest absolute Gasteiger partial charge is 0.341 e. The van der Waals surface area contributed by atoms with E-state index in [1.54, 1.807) is 12.1 Å². The molecule has 0 bridgehead atoms. The van der Waals surface area contributed by atoms with Gasteiger partial charge in [-0.05, 0) is 68.5 Å². The number of benzene rings is 1. The predicted molar refractivity (Wildman–Crippen MR) is 172 cm³/mol. The third-order valence-corrected chi connectivity index (χ3v) is 9.67. The van der Waals surface area contributed by atoms with Gasteiger partial charge in [0, 0.05) is 61.5 Å². The Morgan fingerprint density at radius 1 is 1.02 bits per heavy atom. The Balaban J connectivity index is 1.13. The molecular formula is C33H31FN10S. The van der Waals surface area contributed by atoms with E-state index in [1.165, 1.54) is 23.5 Å². The molecule has 2 fully saturated rings. The summed E-state index contributed by atoms with van der Waals surface area (Å²) in [5, 5.41) is 23.4. The second-order valence-corrected chi connectivity index (χ2v) is 12.6.